The first kappa shape index (κ1) is 10.1. The zero-order valence-electron chi connectivity index (χ0n) is 8.49. The molecule has 0 bridgehead atoms. The van der Waals surface area contributed by atoms with Crippen LogP contribution in [0.15, 0.2) is 11.6 Å². The minimum absolute atomic E-state index is 0.787. The normalized spacial score (nSPS) is 26.9. The van der Waals surface area contributed by atoms with Crippen molar-refractivity contribution >= 4 is 11.3 Å². The zero-order valence-corrected chi connectivity index (χ0v) is 9.31. The minimum Gasteiger partial charge on any atom is -0.316 e. The van der Waals surface area contributed by atoms with Gasteiger partial charge in [-0.3, -0.25) is 0 Å². The van der Waals surface area contributed by atoms with E-state index in [4.69, 9.17) is 0 Å². The summed E-state index contributed by atoms with van der Waals surface area (Å²) in [5.74, 6) is 1.59. The van der Waals surface area contributed by atoms with Gasteiger partial charge in [0.1, 0.15) is 5.01 Å². The van der Waals surface area contributed by atoms with Gasteiger partial charge in [0.25, 0.3) is 0 Å². The molecule has 0 saturated carbocycles. The predicted molar refractivity (Wildman–Crippen MR) is 59.3 cm³/mol. The van der Waals surface area contributed by atoms with Crippen LogP contribution >= 0.6 is 11.3 Å². The molecule has 2 N–H and O–H groups in total. The third kappa shape index (κ3) is 2.53. The Labute approximate surface area is 88.9 Å². The standard InChI is InChI=1S/C10H17N3S/c1-8-4-11-5-9(8)6-12-7-10-13-2-3-14-10/h2-3,8-9,11-12H,4-7H2,1H3/t8-,9+/m1/s1. The lowest BCUT2D eigenvalue weighted by Crippen LogP contribution is -2.26. The van der Waals surface area contributed by atoms with Crippen LogP contribution in [0.4, 0.5) is 0 Å². The van der Waals surface area contributed by atoms with Crippen molar-refractivity contribution in [2.45, 2.75) is 13.5 Å². The molecule has 0 spiro atoms. The Kier molecular flexibility index (Phi) is 3.50. The molecule has 1 saturated heterocycles. The smallest absolute Gasteiger partial charge is 0.106 e. The molecular weight excluding hydrogens is 194 g/mol. The molecule has 2 rings (SSSR count). The van der Waals surface area contributed by atoms with Gasteiger partial charge in [-0.25, -0.2) is 4.98 Å². The Hall–Kier alpha value is -0.450. The molecule has 0 aromatic carbocycles. The van der Waals surface area contributed by atoms with Crippen LogP contribution < -0.4 is 10.6 Å². The molecule has 14 heavy (non-hydrogen) atoms. The molecule has 1 aliphatic rings. The lowest BCUT2D eigenvalue weighted by molar-refractivity contribution is 0.420. The number of nitrogens with one attached hydrogen (secondary N) is 2. The van der Waals surface area contributed by atoms with Gasteiger partial charge in [-0.05, 0) is 31.5 Å². The summed E-state index contributed by atoms with van der Waals surface area (Å²) in [6.45, 7) is 6.67. The first-order valence-corrected chi connectivity index (χ1v) is 6.04. The van der Waals surface area contributed by atoms with Crippen molar-refractivity contribution in [3.8, 4) is 0 Å². The molecule has 0 aliphatic carbocycles. The van der Waals surface area contributed by atoms with E-state index in [0.29, 0.717) is 0 Å². The summed E-state index contributed by atoms with van der Waals surface area (Å²) in [6, 6.07) is 0. The monoisotopic (exact) mass is 211 g/mol. The van der Waals surface area contributed by atoms with Gasteiger partial charge in [0.05, 0.1) is 0 Å². The first-order chi connectivity index (χ1) is 6.86. The van der Waals surface area contributed by atoms with Crippen molar-refractivity contribution < 1.29 is 0 Å². The van der Waals surface area contributed by atoms with E-state index in [9.17, 15) is 0 Å². The highest BCUT2D eigenvalue weighted by molar-refractivity contribution is 7.09. The summed E-state index contributed by atoms with van der Waals surface area (Å²) in [4.78, 5) is 4.24. The van der Waals surface area contributed by atoms with Crippen molar-refractivity contribution in [2.24, 2.45) is 11.8 Å². The molecule has 2 heterocycles. The second kappa shape index (κ2) is 4.87. The molecule has 78 valence electrons. The summed E-state index contributed by atoms with van der Waals surface area (Å²) in [7, 11) is 0. The van der Waals surface area contributed by atoms with Gasteiger partial charge in [-0.1, -0.05) is 6.92 Å². The molecule has 1 aromatic heterocycles. The van der Waals surface area contributed by atoms with E-state index in [1.807, 2.05) is 11.6 Å². The van der Waals surface area contributed by atoms with Gasteiger partial charge in [-0.15, -0.1) is 11.3 Å². The van der Waals surface area contributed by atoms with Gasteiger partial charge in [0.2, 0.25) is 0 Å². The van der Waals surface area contributed by atoms with E-state index < -0.39 is 0 Å². The van der Waals surface area contributed by atoms with Crippen LogP contribution in [0.25, 0.3) is 0 Å². The molecule has 3 nitrogen and oxygen atoms in total. The maximum atomic E-state index is 4.24. The average Bonchev–Trinajstić information content (AvgIpc) is 2.78. The molecule has 0 amide bonds. The fourth-order valence-corrected chi connectivity index (χ4v) is 2.43. The third-order valence-corrected chi connectivity index (χ3v) is 3.62. The number of thiazole rings is 1. The fraction of sp³-hybridized carbons (Fsp3) is 0.700. The molecule has 1 aromatic rings. The number of hydrogen-bond donors (Lipinski definition) is 2. The molecule has 1 aliphatic heterocycles. The minimum atomic E-state index is 0.787. The Balaban J connectivity index is 1.68. The molecular formula is C10H17N3S. The zero-order chi connectivity index (χ0) is 9.80. The van der Waals surface area contributed by atoms with Gasteiger partial charge in [0.15, 0.2) is 0 Å². The van der Waals surface area contributed by atoms with E-state index >= 15 is 0 Å². The van der Waals surface area contributed by atoms with Gasteiger partial charge in [-0.2, -0.15) is 0 Å². The molecule has 0 unspecified atom stereocenters. The van der Waals surface area contributed by atoms with E-state index in [1.165, 1.54) is 11.6 Å². The van der Waals surface area contributed by atoms with E-state index in [0.717, 1.165) is 31.5 Å². The Morgan fingerprint density at radius 2 is 2.57 bits per heavy atom. The topological polar surface area (TPSA) is 37.0 Å². The summed E-state index contributed by atoms with van der Waals surface area (Å²) in [5.41, 5.74) is 0. The lowest BCUT2D eigenvalue weighted by Gasteiger charge is -2.13. The summed E-state index contributed by atoms with van der Waals surface area (Å²) < 4.78 is 0. The van der Waals surface area contributed by atoms with Gasteiger partial charge >= 0.3 is 0 Å². The van der Waals surface area contributed by atoms with Crippen LogP contribution in [-0.2, 0) is 6.54 Å². The highest BCUT2D eigenvalue weighted by atomic mass is 32.1. The van der Waals surface area contributed by atoms with Gasteiger partial charge < -0.3 is 10.6 Å². The number of aromatic nitrogens is 1. The molecule has 1 fully saturated rings. The highest BCUT2D eigenvalue weighted by Gasteiger charge is 2.22. The summed E-state index contributed by atoms with van der Waals surface area (Å²) in [6.07, 6.45) is 1.86. The number of hydrogen-bond acceptors (Lipinski definition) is 4. The SMILES string of the molecule is C[C@@H]1CNC[C@H]1CNCc1nccs1. The second-order valence-corrected chi connectivity index (χ2v) is 4.93. The average molecular weight is 211 g/mol. The Bertz CT molecular complexity index is 260. The van der Waals surface area contributed by atoms with Crippen molar-refractivity contribution in [3.05, 3.63) is 16.6 Å². The summed E-state index contributed by atoms with van der Waals surface area (Å²) >= 11 is 1.72. The van der Waals surface area contributed by atoms with Crippen LogP contribution in [-0.4, -0.2) is 24.6 Å². The van der Waals surface area contributed by atoms with Crippen LogP contribution in [0.5, 0.6) is 0 Å². The van der Waals surface area contributed by atoms with Crippen LogP contribution in [0, 0.1) is 11.8 Å². The molecule has 0 radical (unpaired) electrons. The number of nitrogens with zero attached hydrogens (tertiary/aromatic N) is 1. The van der Waals surface area contributed by atoms with Crippen molar-refractivity contribution in [1.82, 2.24) is 15.6 Å². The molecule has 4 heteroatoms. The van der Waals surface area contributed by atoms with Crippen molar-refractivity contribution in [3.63, 3.8) is 0 Å². The maximum Gasteiger partial charge on any atom is 0.106 e. The second-order valence-electron chi connectivity index (χ2n) is 3.95. The quantitative estimate of drug-likeness (QED) is 0.783. The van der Waals surface area contributed by atoms with Crippen molar-refractivity contribution in [2.75, 3.05) is 19.6 Å². The Morgan fingerprint density at radius 1 is 1.64 bits per heavy atom. The van der Waals surface area contributed by atoms with Gasteiger partial charge in [0, 0.05) is 18.1 Å². The van der Waals surface area contributed by atoms with E-state index in [-0.39, 0.29) is 0 Å². The number of rotatable bonds is 4. The van der Waals surface area contributed by atoms with Crippen LogP contribution in [0.2, 0.25) is 0 Å². The maximum absolute atomic E-state index is 4.24. The Morgan fingerprint density at radius 3 is 3.21 bits per heavy atom. The van der Waals surface area contributed by atoms with E-state index in [2.05, 4.69) is 22.5 Å². The third-order valence-electron chi connectivity index (χ3n) is 2.84. The fourth-order valence-electron chi connectivity index (χ4n) is 1.84. The van der Waals surface area contributed by atoms with E-state index in [1.54, 1.807) is 11.3 Å². The van der Waals surface area contributed by atoms with Crippen molar-refractivity contribution in [1.29, 1.82) is 0 Å². The first-order valence-electron chi connectivity index (χ1n) is 5.16. The predicted octanol–water partition coefficient (Wildman–Crippen LogP) is 1.09. The molecule has 2 atom stereocenters. The lowest BCUT2D eigenvalue weighted by atomic mass is 9.98. The van der Waals surface area contributed by atoms with Crippen LogP contribution in [0.3, 0.4) is 0 Å². The van der Waals surface area contributed by atoms with Crippen LogP contribution in [0.1, 0.15) is 11.9 Å². The highest BCUT2D eigenvalue weighted by Crippen LogP contribution is 2.14. The summed E-state index contributed by atoms with van der Waals surface area (Å²) in [5, 5.41) is 10.1. The largest absolute Gasteiger partial charge is 0.316 e.